The van der Waals surface area contributed by atoms with Gasteiger partial charge in [-0.3, -0.25) is 9.59 Å². The molecule has 0 aromatic carbocycles. The highest BCUT2D eigenvalue weighted by molar-refractivity contribution is 5.77. The van der Waals surface area contributed by atoms with Crippen LogP contribution < -0.4 is 0 Å². The molecule has 0 spiro atoms. The van der Waals surface area contributed by atoms with Crippen LogP contribution in [0.25, 0.3) is 0 Å². The van der Waals surface area contributed by atoms with Gasteiger partial charge in [-0.25, -0.2) is 0 Å². The molecule has 0 radical (unpaired) electrons. The van der Waals surface area contributed by atoms with Gasteiger partial charge in [0.25, 0.3) is 0 Å². The zero-order chi connectivity index (χ0) is 14.1. The number of carbonyl (C=O) groups excluding carboxylic acids is 2. The third-order valence-corrected chi connectivity index (χ3v) is 2.84. The van der Waals surface area contributed by atoms with Gasteiger partial charge in [-0.05, 0) is 18.6 Å². The minimum atomic E-state index is -0.312. The number of hydrogen-bond acceptors (Lipinski definition) is 4. The summed E-state index contributed by atoms with van der Waals surface area (Å²) in [6.07, 6.45) is 4.10. The Morgan fingerprint density at radius 2 is 2.16 bits per heavy atom. The fraction of sp³-hybridized carbons (Fsp3) is 0.571. The standard InChI is InChI=1S/C14H21NO4/c1-3-4-7-13(16)15(9-8-14(17)18-2)11-12-6-5-10-19-12/h5-6,10H,3-4,7-9,11H2,1-2H3. The first-order valence-corrected chi connectivity index (χ1v) is 6.54. The molecule has 0 aliphatic heterocycles. The topological polar surface area (TPSA) is 59.8 Å². The van der Waals surface area contributed by atoms with Crippen molar-refractivity contribution < 1.29 is 18.7 Å². The van der Waals surface area contributed by atoms with Gasteiger partial charge in [0.1, 0.15) is 5.76 Å². The average Bonchev–Trinajstić information content (AvgIpc) is 2.93. The molecule has 1 rings (SSSR count). The van der Waals surface area contributed by atoms with Crippen LogP contribution in [0.2, 0.25) is 0 Å². The molecule has 0 bridgehead atoms. The third-order valence-electron chi connectivity index (χ3n) is 2.84. The van der Waals surface area contributed by atoms with Crippen molar-refractivity contribution in [2.45, 2.75) is 39.2 Å². The van der Waals surface area contributed by atoms with Crippen LogP contribution in [-0.4, -0.2) is 30.4 Å². The van der Waals surface area contributed by atoms with Crippen LogP contribution in [0.1, 0.15) is 38.4 Å². The molecule has 5 nitrogen and oxygen atoms in total. The number of hydrogen-bond donors (Lipinski definition) is 0. The number of carbonyl (C=O) groups is 2. The predicted octanol–water partition coefficient (Wildman–Crippen LogP) is 2.36. The second kappa shape index (κ2) is 8.34. The lowest BCUT2D eigenvalue weighted by atomic mass is 10.2. The fourth-order valence-corrected chi connectivity index (χ4v) is 1.70. The molecule has 5 heteroatoms. The first-order chi connectivity index (χ1) is 9.17. The number of esters is 1. The molecule has 0 atom stereocenters. The molecule has 0 aliphatic carbocycles. The fourth-order valence-electron chi connectivity index (χ4n) is 1.70. The maximum atomic E-state index is 12.1. The Kier molecular flexibility index (Phi) is 6.71. The minimum Gasteiger partial charge on any atom is -0.469 e. The number of ether oxygens (including phenoxy) is 1. The van der Waals surface area contributed by atoms with Crippen LogP contribution in [-0.2, 0) is 20.9 Å². The summed E-state index contributed by atoms with van der Waals surface area (Å²) in [4.78, 5) is 24.9. The van der Waals surface area contributed by atoms with E-state index in [4.69, 9.17) is 4.42 Å². The van der Waals surface area contributed by atoms with E-state index in [1.54, 1.807) is 17.2 Å². The SMILES string of the molecule is CCCCC(=O)N(CCC(=O)OC)Cc1ccco1. The summed E-state index contributed by atoms with van der Waals surface area (Å²) in [6.45, 7) is 2.79. The second-order valence-corrected chi connectivity index (χ2v) is 4.32. The van der Waals surface area contributed by atoms with E-state index >= 15 is 0 Å². The molecular formula is C14H21NO4. The largest absolute Gasteiger partial charge is 0.469 e. The molecule has 0 aliphatic rings. The normalized spacial score (nSPS) is 10.2. The highest BCUT2D eigenvalue weighted by Gasteiger charge is 2.16. The summed E-state index contributed by atoms with van der Waals surface area (Å²) in [5.74, 6) is 0.449. The Morgan fingerprint density at radius 1 is 1.37 bits per heavy atom. The number of rotatable bonds is 8. The van der Waals surface area contributed by atoms with Gasteiger partial charge < -0.3 is 14.1 Å². The van der Waals surface area contributed by atoms with E-state index in [2.05, 4.69) is 4.74 Å². The van der Waals surface area contributed by atoms with Crippen molar-refractivity contribution >= 4 is 11.9 Å². The van der Waals surface area contributed by atoms with Crippen molar-refractivity contribution in [1.82, 2.24) is 4.90 Å². The van der Waals surface area contributed by atoms with Gasteiger partial charge in [0.15, 0.2) is 0 Å². The van der Waals surface area contributed by atoms with Crippen LogP contribution in [0.15, 0.2) is 22.8 Å². The Morgan fingerprint density at radius 3 is 2.74 bits per heavy atom. The maximum Gasteiger partial charge on any atom is 0.307 e. The first-order valence-electron chi connectivity index (χ1n) is 6.54. The maximum absolute atomic E-state index is 12.1. The molecule has 0 saturated heterocycles. The molecule has 19 heavy (non-hydrogen) atoms. The van der Waals surface area contributed by atoms with Crippen LogP contribution in [0.5, 0.6) is 0 Å². The number of methoxy groups -OCH3 is 1. The third kappa shape index (κ3) is 5.59. The summed E-state index contributed by atoms with van der Waals surface area (Å²) in [7, 11) is 1.35. The number of nitrogens with zero attached hydrogens (tertiary/aromatic N) is 1. The van der Waals surface area contributed by atoms with Crippen molar-refractivity contribution in [2.24, 2.45) is 0 Å². The van der Waals surface area contributed by atoms with Gasteiger partial charge in [-0.2, -0.15) is 0 Å². The van der Waals surface area contributed by atoms with E-state index < -0.39 is 0 Å². The molecule has 1 amide bonds. The zero-order valence-corrected chi connectivity index (χ0v) is 11.6. The summed E-state index contributed by atoms with van der Waals surface area (Å²) >= 11 is 0. The number of furan rings is 1. The van der Waals surface area contributed by atoms with Crippen LogP contribution >= 0.6 is 0 Å². The highest BCUT2D eigenvalue weighted by atomic mass is 16.5. The van der Waals surface area contributed by atoms with Gasteiger partial charge >= 0.3 is 5.97 Å². The Balaban J connectivity index is 2.56. The molecule has 0 fully saturated rings. The Bertz CT molecular complexity index is 386. The van der Waals surface area contributed by atoms with Crippen molar-refractivity contribution in [2.75, 3.05) is 13.7 Å². The second-order valence-electron chi connectivity index (χ2n) is 4.32. The van der Waals surface area contributed by atoms with Gasteiger partial charge in [-0.15, -0.1) is 0 Å². The highest BCUT2D eigenvalue weighted by Crippen LogP contribution is 2.09. The molecule has 0 saturated carbocycles. The molecule has 0 N–H and O–H groups in total. The molecule has 1 aromatic heterocycles. The summed E-state index contributed by atoms with van der Waals surface area (Å²) in [6, 6.07) is 3.60. The molecule has 0 unspecified atom stereocenters. The van der Waals surface area contributed by atoms with Crippen molar-refractivity contribution in [3.63, 3.8) is 0 Å². The lowest BCUT2D eigenvalue weighted by molar-refractivity contribution is -0.142. The number of unbranched alkanes of at least 4 members (excludes halogenated alkanes) is 1. The van der Waals surface area contributed by atoms with Crippen molar-refractivity contribution in [3.8, 4) is 0 Å². The van der Waals surface area contributed by atoms with Crippen molar-refractivity contribution in [1.29, 1.82) is 0 Å². The van der Waals surface area contributed by atoms with Gasteiger partial charge in [0.2, 0.25) is 5.91 Å². The average molecular weight is 267 g/mol. The van der Waals surface area contributed by atoms with E-state index in [0.717, 1.165) is 18.6 Å². The lowest BCUT2D eigenvalue weighted by Crippen LogP contribution is -2.32. The van der Waals surface area contributed by atoms with E-state index in [9.17, 15) is 9.59 Å². The minimum absolute atomic E-state index is 0.0437. The predicted molar refractivity (Wildman–Crippen MR) is 70.3 cm³/mol. The molecule has 1 aromatic rings. The van der Waals surface area contributed by atoms with Gasteiger partial charge in [0, 0.05) is 13.0 Å². The van der Waals surface area contributed by atoms with Crippen molar-refractivity contribution in [3.05, 3.63) is 24.2 Å². The van der Waals surface area contributed by atoms with Gasteiger partial charge in [0.05, 0.1) is 26.3 Å². The summed E-state index contributed by atoms with van der Waals surface area (Å²) in [5.41, 5.74) is 0. The monoisotopic (exact) mass is 267 g/mol. The quantitative estimate of drug-likeness (QED) is 0.678. The smallest absolute Gasteiger partial charge is 0.307 e. The molecular weight excluding hydrogens is 246 g/mol. The Labute approximate surface area is 113 Å². The van der Waals surface area contributed by atoms with Crippen LogP contribution in [0.4, 0.5) is 0 Å². The molecule has 106 valence electrons. The van der Waals surface area contributed by atoms with E-state index in [0.29, 0.717) is 19.5 Å². The van der Waals surface area contributed by atoms with E-state index in [-0.39, 0.29) is 18.3 Å². The molecule has 1 heterocycles. The summed E-state index contributed by atoms with van der Waals surface area (Å²) < 4.78 is 9.84. The van der Waals surface area contributed by atoms with Crippen LogP contribution in [0, 0.1) is 0 Å². The van der Waals surface area contributed by atoms with E-state index in [1.165, 1.54) is 7.11 Å². The summed E-state index contributed by atoms with van der Waals surface area (Å²) in [5, 5.41) is 0. The first kappa shape index (κ1) is 15.3. The van der Waals surface area contributed by atoms with Gasteiger partial charge in [-0.1, -0.05) is 13.3 Å². The zero-order valence-electron chi connectivity index (χ0n) is 11.6. The van der Waals surface area contributed by atoms with E-state index in [1.807, 2.05) is 13.0 Å². The number of amides is 1. The lowest BCUT2D eigenvalue weighted by Gasteiger charge is -2.21. The Hall–Kier alpha value is -1.78. The van der Waals surface area contributed by atoms with Crippen LogP contribution in [0.3, 0.4) is 0 Å².